The van der Waals surface area contributed by atoms with E-state index in [0.29, 0.717) is 19.6 Å². The zero-order valence-corrected chi connectivity index (χ0v) is 20.6. The Morgan fingerprint density at radius 1 is 1.15 bits per heavy atom. The molecule has 0 bridgehead atoms. The van der Waals surface area contributed by atoms with Gasteiger partial charge in [-0.05, 0) is 44.0 Å². The molecule has 0 radical (unpaired) electrons. The number of hydrogen-bond acceptors (Lipinski definition) is 5. The highest BCUT2D eigenvalue weighted by molar-refractivity contribution is 6.31. The van der Waals surface area contributed by atoms with Gasteiger partial charge in [0.1, 0.15) is 17.7 Å². The summed E-state index contributed by atoms with van der Waals surface area (Å²) >= 11 is 12.2. The summed E-state index contributed by atoms with van der Waals surface area (Å²) in [6.45, 7) is 6.61. The molecular formula is C25H26Cl2F2N2O3. The van der Waals surface area contributed by atoms with Crippen molar-refractivity contribution in [1.82, 2.24) is 4.90 Å². The molecule has 182 valence electrons. The Morgan fingerprint density at radius 3 is 2.47 bits per heavy atom. The number of cyclic esters (lactones) is 1. The molecule has 3 aliphatic rings. The molecule has 34 heavy (non-hydrogen) atoms. The average molecular weight is 511 g/mol. The van der Waals surface area contributed by atoms with Gasteiger partial charge in [0.25, 0.3) is 0 Å². The van der Waals surface area contributed by atoms with Crippen molar-refractivity contribution in [2.75, 3.05) is 13.2 Å². The van der Waals surface area contributed by atoms with E-state index in [0.717, 1.165) is 0 Å². The summed E-state index contributed by atoms with van der Waals surface area (Å²) in [4.78, 5) is 15.2. The van der Waals surface area contributed by atoms with Gasteiger partial charge in [0, 0.05) is 28.0 Å². The van der Waals surface area contributed by atoms with E-state index in [-0.39, 0.29) is 26.6 Å². The maximum absolute atomic E-state index is 15.5. The van der Waals surface area contributed by atoms with Crippen LogP contribution in [0.1, 0.15) is 44.2 Å². The minimum atomic E-state index is -1.50. The number of benzene rings is 2. The predicted octanol–water partition coefficient (Wildman–Crippen LogP) is 4.98. The number of halogens is 4. The van der Waals surface area contributed by atoms with Gasteiger partial charge in [-0.3, -0.25) is 4.79 Å². The first kappa shape index (κ1) is 23.9. The van der Waals surface area contributed by atoms with Gasteiger partial charge in [-0.2, -0.15) is 0 Å². The van der Waals surface area contributed by atoms with Gasteiger partial charge < -0.3 is 15.2 Å². The second-order valence-electron chi connectivity index (χ2n) is 10.4. The molecule has 0 spiro atoms. The number of hydrogen-bond donors (Lipinski definition) is 1. The molecule has 5 nitrogen and oxygen atoms in total. The van der Waals surface area contributed by atoms with E-state index in [4.69, 9.17) is 38.4 Å². The third-order valence-corrected chi connectivity index (χ3v) is 8.06. The fourth-order valence-electron chi connectivity index (χ4n) is 6.05. The van der Waals surface area contributed by atoms with E-state index in [1.54, 1.807) is 32.0 Å². The van der Waals surface area contributed by atoms with Crippen LogP contribution in [0, 0.1) is 17.0 Å². The SMILES string of the molecule is CC1(C[C@@H]2N3[C@@H](C(=O)OC3(C)C)[C@H](c3cccc(Cl)c3F)[C@@]2(N)c2ccc(Cl)cc2F)COC1. The summed E-state index contributed by atoms with van der Waals surface area (Å²) in [5.74, 6) is -2.80. The van der Waals surface area contributed by atoms with Crippen LogP contribution >= 0.6 is 23.2 Å². The lowest BCUT2D eigenvalue weighted by Gasteiger charge is -2.48. The number of carbonyl (C=O) groups is 1. The number of esters is 1. The molecule has 2 aromatic carbocycles. The molecule has 0 amide bonds. The van der Waals surface area contributed by atoms with Crippen molar-refractivity contribution in [2.24, 2.45) is 11.1 Å². The molecule has 0 saturated carbocycles. The van der Waals surface area contributed by atoms with Crippen molar-refractivity contribution < 1.29 is 23.0 Å². The molecule has 3 saturated heterocycles. The summed E-state index contributed by atoms with van der Waals surface area (Å²) < 4.78 is 42.3. The summed E-state index contributed by atoms with van der Waals surface area (Å²) in [6, 6.07) is 7.34. The van der Waals surface area contributed by atoms with E-state index in [9.17, 15) is 4.79 Å². The van der Waals surface area contributed by atoms with Crippen LogP contribution in [0.3, 0.4) is 0 Å². The van der Waals surface area contributed by atoms with Gasteiger partial charge in [0.05, 0.1) is 23.8 Å². The summed E-state index contributed by atoms with van der Waals surface area (Å²) in [6.07, 6.45) is 0.487. The van der Waals surface area contributed by atoms with E-state index < -0.39 is 46.9 Å². The van der Waals surface area contributed by atoms with E-state index in [2.05, 4.69) is 6.92 Å². The highest BCUT2D eigenvalue weighted by atomic mass is 35.5. The maximum Gasteiger partial charge on any atom is 0.325 e. The van der Waals surface area contributed by atoms with Crippen molar-refractivity contribution in [3.8, 4) is 0 Å². The van der Waals surface area contributed by atoms with Crippen molar-refractivity contribution in [1.29, 1.82) is 0 Å². The first-order valence-electron chi connectivity index (χ1n) is 11.2. The lowest BCUT2D eigenvalue weighted by atomic mass is 9.67. The van der Waals surface area contributed by atoms with Crippen molar-refractivity contribution in [2.45, 2.75) is 56.5 Å². The molecule has 2 aromatic rings. The molecule has 3 aliphatic heterocycles. The number of rotatable bonds is 4. The minimum Gasteiger partial charge on any atom is -0.443 e. The van der Waals surface area contributed by atoms with Crippen LogP contribution in [-0.2, 0) is 19.8 Å². The van der Waals surface area contributed by atoms with Gasteiger partial charge in [0.2, 0.25) is 0 Å². The first-order chi connectivity index (χ1) is 15.9. The van der Waals surface area contributed by atoms with Crippen LogP contribution < -0.4 is 5.73 Å². The Balaban J connectivity index is 1.80. The van der Waals surface area contributed by atoms with Gasteiger partial charge in [0.15, 0.2) is 5.72 Å². The summed E-state index contributed by atoms with van der Waals surface area (Å²) in [5, 5.41) is 0.112. The number of nitrogens with zero attached hydrogens (tertiary/aromatic N) is 1. The van der Waals surface area contributed by atoms with Crippen LogP contribution in [0.15, 0.2) is 36.4 Å². The Kier molecular flexibility index (Phi) is 5.54. The molecule has 3 heterocycles. The molecule has 4 atom stereocenters. The standard InChI is InChI=1S/C25H26Cl2F2N2O3/c1-23(2)31-18(10-24(3)11-33-12-24)25(30,15-8-7-13(26)9-17(15)28)19(21(31)22(32)34-23)14-5-4-6-16(27)20(14)29/h4-9,18-19,21H,10-12,30H2,1-3H3/t18-,19-,21+,25+/m0/s1. The van der Waals surface area contributed by atoms with Crippen molar-refractivity contribution >= 4 is 29.2 Å². The third kappa shape index (κ3) is 3.39. The molecular weight excluding hydrogens is 485 g/mol. The average Bonchev–Trinajstić information content (AvgIpc) is 3.11. The fraction of sp³-hybridized carbons (Fsp3) is 0.480. The molecule has 0 unspecified atom stereocenters. The smallest absolute Gasteiger partial charge is 0.325 e. The molecule has 2 N–H and O–H groups in total. The molecule has 5 rings (SSSR count). The van der Waals surface area contributed by atoms with Crippen molar-refractivity contribution in [3.05, 3.63) is 69.2 Å². The summed E-state index contributed by atoms with van der Waals surface area (Å²) in [7, 11) is 0. The highest BCUT2D eigenvalue weighted by Gasteiger charge is 2.70. The highest BCUT2D eigenvalue weighted by Crippen LogP contribution is 2.58. The van der Waals surface area contributed by atoms with Crippen LogP contribution in [0.2, 0.25) is 10.0 Å². The zero-order chi connectivity index (χ0) is 24.6. The van der Waals surface area contributed by atoms with E-state index in [1.165, 1.54) is 18.2 Å². The van der Waals surface area contributed by atoms with Crippen LogP contribution in [0.4, 0.5) is 8.78 Å². The Hall–Kier alpha value is -1.77. The Labute approximate surface area is 207 Å². The van der Waals surface area contributed by atoms with Crippen molar-refractivity contribution in [3.63, 3.8) is 0 Å². The molecule has 9 heteroatoms. The monoisotopic (exact) mass is 510 g/mol. The van der Waals surface area contributed by atoms with Gasteiger partial charge >= 0.3 is 5.97 Å². The Morgan fingerprint density at radius 2 is 1.85 bits per heavy atom. The van der Waals surface area contributed by atoms with Gasteiger partial charge in [-0.1, -0.05) is 48.3 Å². The maximum atomic E-state index is 15.5. The van der Waals surface area contributed by atoms with Gasteiger partial charge in [-0.15, -0.1) is 0 Å². The topological polar surface area (TPSA) is 64.8 Å². The Bertz CT molecular complexity index is 1170. The predicted molar refractivity (Wildman–Crippen MR) is 125 cm³/mol. The largest absolute Gasteiger partial charge is 0.443 e. The van der Waals surface area contributed by atoms with E-state index in [1.807, 2.05) is 4.90 Å². The quantitative estimate of drug-likeness (QED) is 0.587. The molecule has 0 aliphatic carbocycles. The molecule has 3 fully saturated rings. The third-order valence-electron chi connectivity index (χ3n) is 7.53. The second-order valence-corrected chi connectivity index (χ2v) is 11.3. The normalized spacial score (nSPS) is 31.8. The minimum absolute atomic E-state index is 0.101. The lowest BCUT2D eigenvalue weighted by molar-refractivity contribution is -0.156. The first-order valence-corrected chi connectivity index (χ1v) is 11.9. The zero-order valence-electron chi connectivity index (χ0n) is 19.1. The van der Waals surface area contributed by atoms with E-state index >= 15 is 8.78 Å². The van der Waals surface area contributed by atoms with Crippen LogP contribution in [-0.4, -0.2) is 41.9 Å². The number of fused-ring (bicyclic) bond motifs is 1. The number of ether oxygens (including phenoxy) is 2. The number of carbonyl (C=O) groups excluding carboxylic acids is 1. The fourth-order valence-corrected chi connectivity index (χ4v) is 6.39. The van der Waals surface area contributed by atoms with Gasteiger partial charge in [-0.25, -0.2) is 13.7 Å². The summed E-state index contributed by atoms with van der Waals surface area (Å²) in [5.41, 5.74) is 4.77. The molecule has 0 aromatic heterocycles. The van der Waals surface area contributed by atoms with Crippen LogP contribution in [0.25, 0.3) is 0 Å². The second kappa shape index (κ2) is 7.87. The van der Waals surface area contributed by atoms with Crippen LogP contribution in [0.5, 0.6) is 0 Å². The number of nitrogens with two attached hydrogens (primary N) is 1. The lowest BCUT2D eigenvalue weighted by Crippen LogP contribution is -2.59.